The van der Waals surface area contributed by atoms with Gasteiger partial charge in [0.2, 0.25) is 0 Å². The molecule has 1 aliphatic rings. The summed E-state index contributed by atoms with van der Waals surface area (Å²) in [6.07, 6.45) is 1.64. The second-order valence-corrected chi connectivity index (χ2v) is 7.33. The van der Waals surface area contributed by atoms with Crippen LogP contribution < -0.4 is 0 Å². The summed E-state index contributed by atoms with van der Waals surface area (Å²) in [4.78, 5) is 24.9. The number of furan rings is 1. The minimum atomic E-state index is -0.454. The van der Waals surface area contributed by atoms with Crippen LogP contribution in [0, 0.1) is 10.1 Å². The van der Waals surface area contributed by atoms with Gasteiger partial charge in [0.15, 0.2) is 0 Å². The lowest BCUT2D eigenvalue weighted by Crippen LogP contribution is -2.34. The Balaban J connectivity index is 1.88. The van der Waals surface area contributed by atoms with E-state index in [1.54, 1.807) is 35.2 Å². The minimum absolute atomic E-state index is 0.00423. The molecule has 1 fully saturated rings. The number of hydrogen-bond donors (Lipinski definition) is 0. The van der Waals surface area contributed by atoms with Gasteiger partial charge in [-0.05, 0) is 26.0 Å². The number of carbonyl (C=O) groups excluding carboxylic acids is 1. The highest BCUT2D eigenvalue weighted by Crippen LogP contribution is 2.35. The molecule has 6 nitrogen and oxygen atoms in total. The Labute approximate surface area is 153 Å². The smallest absolute Gasteiger partial charge is 0.270 e. The number of thiocarbonyl (C=S) groups is 1. The second-order valence-electron chi connectivity index (χ2n) is 5.65. The van der Waals surface area contributed by atoms with Crippen LogP contribution in [-0.4, -0.2) is 26.1 Å². The third-order valence-electron chi connectivity index (χ3n) is 3.58. The van der Waals surface area contributed by atoms with E-state index in [0.717, 1.165) is 0 Å². The van der Waals surface area contributed by atoms with Gasteiger partial charge in [0, 0.05) is 29.8 Å². The summed E-state index contributed by atoms with van der Waals surface area (Å²) >= 11 is 6.48. The Morgan fingerprint density at radius 1 is 1.32 bits per heavy atom. The van der Waals surface area contributed by atoms with E-state index in [1.807, 2.05) is 13.8 Å². The van der Waals surface area contributed by atoms with Gasteiger partial charge in [0.1, 0.15) is 15.8 Å². The normalized spacial score (nSPS) is 16.3. The van der Waals surface area contributed by atoms with Crippen molar-refractivity contribution < 1.29 is 14.1 Å². The fourth-order valence-corrected chi connectivity index (χ4v) is 3.92. The van der Waals surface area contributed by atoms with E-state index in [2.05, 4.69) is 0 Å². The molecule has 1 aromatic heterocycles. The van der Waals surface area contributed by atoms with Crippen LogP contribution in [0.15, 0.2) is 45.7 Å². The molecule has 2 heterocycles. The summed E-state index contributed by atoms with van der Waals surface area (Å²) < 4.78 is 6.24. The second kappa shape index (κ2) is 6.81. The number of nitro benzene ring substituents is 1. The van der Waals surface area contributed by atoms with Crippen LogP contribution in [0.4, 0.5) is 5.69 Å². The fraction of sp³-hybridized carbons (Fsp3) is 0.176. The molecule has 0 aliphatic carbocycles. The maximum Gasteiger partial charge on any atom is 0.270 e. The van der Waals surface area contributed by atoms with Gasteiger partial charge in [-0.3, -0.25) is 19.8 Å². The summed E-state index contributed by atoms with van der Waals surface area (Å²) in [7, 11) is 0. The average molecular weight is 374 g/mol. The molecule has 0 atom stereocenters. The van der Waals surface area contributed by atoms with Crippen molar-refractivity contribution in [1.82, 2.24) is 4.90 Å². The number of non-ortho nitro benzene ring substituents is 1. The predicted octanol–water partition coefficient (Wildman–Crippen LogP) is 4.46. The largest absolute Gasteiger partial charge is 0.457 e. The Morgan fingerprint density at radius 2 is 2.08 bits per heavy atom. The Morgan fingerprint density at radius 3 is 2.72 bits per heavy atom. The maximum atomic E-state index is 12.4. The Kier molecular flexibility index (Phi) is 4.73. The van der Waals surface area contributed by atoms with E-state index in [9.17, 15) is 14.9 Å². The van der Waals surface area contributed by atoms with E-state index >= 15 is 0 Å². The minimum Gasteiger partial charge on any atom is -0.457 e. The van der Waals surface area contributed by atoms with Gasteiger partial charge >= 0.3 is 0 Å². The third-order valence-corrected chi connectivity index (χ3v) is 4.91. The molecule has 0 unspecified atom stereocenters. The molecule has 1 aromatic carbocycles. The van der Waals surface area contributed by atoms with E-state index in [4.69, 9.17) is 16.6 Å². The zero-order valence-electron chi connectivity index (χ0n) is 13.5. The molecule has 8 heteroatoms. The lowest BCUT2D eigenvalue weighted by atomic mass is 10.1. The summed E-state index contributed by atoms with van der Waals surface area (Å²) in [6.45, 7) is 3.81. The van der Waals surface area contributed by atoms with Crippen LogP contribution in [-0.2, 0) is 4.79 Å². The Bertz CT molecular complexity index is 902. The zero-order valence-corrected chi connectivity index (χ0v) is 15.1. The zero-order chi connectivity index (χ0) is 18.1. The number of benzene rings is 1. The van der Waals surface area contributed by atoms with Crippen LogP contribution in [0.3, 0.4) is 0 Å². The highest BCUT2D eigenvalue weighted by atomic mass is 32.2. The van der Waals surface area contributed by atoms with Gasteiger partial charge < -0.3 is 4.42 Å². The van der Waals surface area contributed by atoms with Crippen molar-refractivity contribution in [1.29, 1.82) is 0 Å². The van der Waals surface area contributed by atoms with Crippen LogP contribution in [0.2, 0.25) is 0 Å². The van der Waals surface area contributed by atoms with Crippen molar-refractivity contribution in [3.63, 3.8) is 0 Å². The monoisotopic (exact) mass is 374 g/mol. The molecule has 1 aliphatic heterocycles. The molecule has 128 valence electrons. The fourth-order valence-electron chi connectivity index (χ4n) is 2.41. The average Bonchev–Trinajstić information content (AvgIpc) is 3.13. The van der Waals surface area contributed by atoms with Gasteiger partial charge in [-0.25, -0.2) is 0 Å². The van der Waals surface area contributed by atoms with Crippen LogP contribution >= 0.6 is 24.0 Å². The van der Waals surface area contributed by atoms with E-state index < -0.39 is 4.92 Å². The molecule has 1 saturated heterocycles. The van der Waals surface area contributed by atoms with E-state index in [-0.39, 0.29) is 17.6 Å². The number of thioether (sulfide) groups is 1. The summed E-state index contributed by atoms with van der Waals surface area (Å²) in [5.41, 5.74) is 0.594. The summed E-state index contributed by atoms with van der Waals surface area (Å²) in [5, 5.41) is 10.9. The third kappa shape index (κ3) is 3.49. The number of rotatable bonds is 4. The molecular formula is C17H14N2O4S2. The van der Waals surface area contributed by atoms with Crippen molar-refractivity contribution in [3.05, 3.63) is 57.2 Å². The molecule has 3 rings (SSSR count). The standard InChI is InChI=1S/C17H14N2O4S2/c1-10(2)18-16(20)15(25-17(18)24)9-13-6-7-14(23-13)11-4-3-5-12(8-11)19(21)22/h3-10H,1-2H3/b15-9+. The quantitative estimate of drug-likeness (QED) is 0.340. The maximum absolute atomic E-state index is 12.4. The molecular weight excluding hydrogens is 360 g/mol. The molecule has 0 N–H and O–H groups in total. The number of nitrogens with zero attached hydrogens (tertiary/aromatic N) is 2. The highest BCUT2D eigenvalue weighted by molar-refractivity contribution is 8.26. The molecule has 0 spiro atoms. The predicted molar refractivity (Wildman–Crippen MR) is 101 cm³/mol. The van der Waals surface area contributed by atoms with Crippen molar-refractivity contribution in [2.75, 3.05) is 0 Å². The van der Waals surface area contributed by atoms with Gasteiger partial charge in [0.25, 0.3) is 11.6 Å². The molecule has 1 amide bonds. The molecule has 0 radical (unpaired) electrons. The summed E-state index contributed by atoms with van der Waals surface area (Å²) in [5.74, 6) is 0.846. The first-order chi connectivity index (χ1) is 11.9. The van der Waals surface area contributed by atoms with Crippen molar-refractivity contribution in [2.24, 2.45) is 0 Å². The number of nitro groups is 1. The molecule has 2 aromatic rings. The first-order valence-electron chi connectivity index (χ1n) is 7.48. The van der Waals surface area contributed by atoms with Crippen LogP contribution in [0.1, 0.15) is 19.6 Å². The number of carbonyl (C=O) groups is 1. The molecule has 25 heavy (non-hydrogen) atoms. The van der Waals surface area contributed by atoms with Gasteiger partial charge in [-0.15, -0.1) is 0 Å². The Hall–Kier alpha value is -2.45. The SMILES string of the molecule is CC(C)N1C(=O)/C(=C\c2ccc(-c3cccc([N+](=O)[O-])c3)o2)SC1=S. The van der Waals surface area contributed by atoms with E-state index in [0.29, 0.717) is 26.3 Å². The van der Waals surface area contributed by atoms with Gasteiger partial charge in [-0.1, -0.05) is 36.1 Å². The highest BCUT2D eigenvalue weighted by Gasteiger charge is 2.33. The summed E-state index contributed by atoms with van der Waals surface area (Å²) in [6, 6.07) is 9.63. The molecule has 0 saturated carbocycles. The van der Waals surface area contributed by atoms with Gasteiger partial charge in [-0.2, -0.15) is 0 Å². The van der Waals surface area contributed by atoms with Crippen LogP contribution in [0.5, 0.6) is 0 Å². The van der Waals surface area contributed by atoms with Crippen molar-refractivity contribution >= 4 is 46.0 Å². The number of hydrogen-bond acceptors (Lipinski definition) is 6. The topological polar surface area (TPSA) is 76.6 Å². The lowest BCUT2D eigenvalue weighted by Gasteiger charge is -2.18. The van der Waals surface area contributed by atoms with Crippen LogP contribution in [0.25, 0.3) is 17.4 Å². The van der Waals surface area contributed by atoms with Crippen molar-refractivity contribution in [3.8, 4) is 11.3 Å². The molecule has 0 bridgehead atoms. The first kappa shape index (κ1) is 17.4. The number of amides is 1. The van der Waals surface area contributed by atoms with Crippen molar-refractivity contribution in [2.45, 2.75) is 19.9 Å². The van der Waals surface area contributed by atoms with Gasteiger partial charge in [0.05, 0.1) is 9.83 Å². The first-order valence-corrected chi connectivity index (χ1v) is 8.71. The lowest BCUT2D eigenvalue weighted by molar-refractivity contribution is -0.384. The van der Waals surface area contributed by atoms with E-state index in [1.165, 1.54) is 23.9 Å².